The van der Waals surface area contributed by atoms with E-state index >= 15 is 0 Å². The van der Waals surface area contributed by atoms with Gasteiger partial charge in [0.2, 0.25) is 15.9 Å². The number of benzene rings is 2. The fraction of sp³-hybridized carbons (Fsp3) is 0.300. The molecule has 1 amide bonds. The summed E-state index contributed by atoms with van der Waals surface area (Å²) in [5, 5.41) is 2.92. The van der Waals surface area contributed by atoms with E-state index in [1.807, 2.05) is 42.7 Å². The van der Waals surface area contributed by atoms with Gasteiger partial charge in [-0.2, -0.15) is 4.31 Å². The molecule has 0 saturated heterocycles. The normalized spacial score (nSPS) is 17.2. The third-order valence-electron chi connectivity index (χ3n) is 5.04. The van der Waals surface area contributed by atoms with Gasteiger partial charge in [-0.05, 0) is 48.9 Å². The molecule has 9 heteroatoms. The maximum atomic E-state index is 13.1. The number of amides is 1. The highest BCUT2D eigenvalue weighted by Crippen LogP contribution is 2.31. The van der Waals surface area contributed by atoms with E-state index in [2.05, 4.69) is 10.3 Å². The van der Waals surface area contributed by atoms with Gasteiger partial charge in [-0.1, -0.05) is 36.0 Å². The van der Waals surface area contributed by atoms with Crippen LogP contribution in [0.4, 0.5) is 5.69 Å². The van der Waals surface area contributed by atoms with Crippen LogP contribution in [0.25, 0.3) is 10.2 Å². The summed E-state index contributed by atoms with van der Waals surface area (Å²) in [6, 6.07) is 12.5. The molecule has 1 aliphatic heterocycles. The summed E-state index contributed by atoms with van der Waals surface area (Å²) in [5.74, 6) is -0.353. The average Bonchev–Trinajstić information content (AvgIpc) is 3.15. The van der Waals surface area contributed by atoms with Gasteiger partial charge < -0.3 is 5.32 Å². The molecule has 1 aromatic heterocycles. The van der Waals surface area contributed by atoms with Crippen LogP contribution in [0.1, 0.15) is 18.1 Å². The first-order chi connectivity index (χ1) is 13.9. The highest BCUT2D eigenvalue weighted by Gasteiger charge is 2.37. The number of carbonyl (C=O) groups is 1. The number of anilines is 1. The van der Waals surface area contributed by atoms with Crippen molar-refractivity contribution in [3.8, 4) is 0 Å². The SMILES string of the molecule is CCS(=O)(=O)N1Cc2ccccc2CC1C(=O)Nc1ccc2nc(SC)sc2c1. The zero-order valence-electron chi connectivity index (χ0n) is 16.1. The van der Waals surface area contributed by atoms with Crippen molar-refractivity contribution in [2.24, 2.45) is 0 Å². The highest BCUT2D eigenvalue weighted by molar-refractivity contribution is 8.00. The van der Waals surface area contributed by atoms with Crippen LogP contribution >= 0.6 is 23.1 Å². The van der Waals surface area contributed by atoms with Crippen molar-refractivity contribution in [1.29, 1.82) is 0 Å². The summed E-state index contributed by atoms with van der Waals surface area (Å²) >= 11 is 3.15. The molecule has 2 heterocycles. The van der Waals surface area contributed by atoms with Crippen LogP contribution in [0.3, 0.4) is 0 Å². The molecule has 29 heavy (non-hydrogen) atoms. The Bertz CT molecular complexity index is 1170. The van der Waals surface area contributed by atoms with Gasteiger partial charge in [-0.25, -0.2) is 13.4 Å². The standard InChI is InChI=1S/C20H21N3O3S3/c1-3-29(25,26)23-12-14-7-5-4-6-13(14)10-17(23)19(24)21-15-8-9-16-18(11-15)28-20(22-16)27-2/h4-9,11,17H,3,10,12H2,1-2H3,(H,21,24). The number of sulfonamides is 1. The Labute approximate surface area is 178 Å². The van der Waals surface area contributed by atoms with Crippen molar-refractivity contribution in [1.82, 2.24) is 9.29 Å². The Morgan fingerprint density at radius 3 is 2.76 bits per heavy atom. The lowest BCUT2D eigenvalue weighted by molar-refractivity contribution is -0.120. The second-order valence-corrected chi connectivity index (χ2v) is 11.1. The van der Waals surface area contributed by atoms with Crippen LogP contribution in [-0.4, -0.2) is 41.7 Å². The minimum atomic E-state index is -3.52. The van der Waals surface area contributed by atoms with Crippen molar-refractivity contribution >= 4 is 54.9 Å². The van der Waals surface area contributed by atoms with Crippen molar-refractivity contribution in [3.05, 3.63) is 53.6 Å². The Balaban J connectivity index is 1.63. The van der Waals surface area contributed by atoms with Gasteiger partial charge in [0.25, 0.3) is 0 Å². The minimum absolute atomic E-state index is 0.0385. The molecular formula is C20H21N3O3S3. The summed E-state index contributed by atoms with van der Waals surface area (Å²) < 4.78 is 28.6. The monoisotopic (exact) mass is 447 g/mol. The van der Waals surface area contributed by atoms with Gasteiger partial charge in [0, 0.05) is 12.2 Å². The number of nitrogens with zero attached hydrogens (tertiary/aromatic N) is 2. The van der Waals surface area contributed by atoms with E-state index in [0.29, 0.717) is 12.1 Å². The fourth-order valence-corrected chi connectivity index (χ4v) is 6.23. The molecule has 3 aromatic rings. The van der Waals surface area contributed by atoms with E-state index in [9.17, 15) is 13.2 Å². The maximum absolute atomic E-state index is 13.1. The molecule has 0 bridgehead atoms. The molecule has 0 saturated carbocycles. The van der Waals surface area contributed by atoms with Gasteiger partial charge >= 0.3 is 0 Å². The predicted molar refractivity (Wildman–Crippen MR) is 119 cm³/mol. The summed E-state index contributed by atoms with van der Waals surface area (Å²) in [4.78, 5) is 17.6. The first kappa shape index (κ1) is 20.3. The number of thiazole rings is 1. The Morgan fingerprint density at radius 1 is 1.28 bits per heavy atom. The molecule has 6 nitrogen and oxygen atoms in total. The largest absolute Gasteiger partial charge is 0.325 e. The van der Waals surface area contributed by atoms with Crippen molar-refractivity contribution in [3.63, 3.8) is 0 Å². The Hall–Kier alpha value is -1.94. The molecule has 0 radical (unpaired) electrons. The lowest BCUT2D eigenvalue weighted by Crippen LogP contribution is -2.51. The number of aromatic nitrogens is 1. The first-order valence-electron chi connectivity index (χ1n) is 9.23. The van der Waals surface area contributed by atoms with Crippen LogP contribution in [0.15, 0.2) is 46.8 Å². The van der Waals surface area contributed by atoms with E-state index < -0.39 is 16.1 Å². The van der Waals surface area contributed by atoms with Crippen molar-refractivity contribution in [2.75, 3.05) is 17.3 Å². The number of nitrogens with one attached hydrogen (secondary N) is 1. The summed E-state index contributed by atoms with van der Waals surface area (Å²) in [7, 11) is -3.52. The molecule has 0 fully saturated rings. The Morgan fingerprint density at radius 2 is 2.03 bits per heavy atom. The molecule has 0 spiro atoms. The summed E-state index contributed by atoms with van der Waals surface area (Å²) in [6.45, 7) is 1.82. The van der Waals surface area contributed by atoms with E-state index in [-0.39, 0.29) is 18.2 Å². The molecule has 2 aromatic carbocycles. The van der Waals surface area contributed by atoms with E-state index in [0.717, 1.165) is 25.7 Å². The van der Waals surface area contributed by atoms with Gasteiger partial charge in [-0.15, -0.1) is 11.3 Å². The average molecular weight is 448 g/mol. The highest BCUT2D eigenvalue weighted by atomic mass is 32.2. The second-order valence-electron chi connectivity index (χ2n) is 6.79. The van der Waals surface area contributed by atoms with E-state index in [4.69, 9.17) is 0 Å². The number of hydrogen-bond donors (Lipinski definition) is 1. The lowest BCUT2D eigenvalue weighted by Gasteiger charge is -2.34. The third kappa shape index (κ3) is 4.05. The summed E-state index contributed by atoms with van der Waals surface area (Å²) in [5.41, 5.74) is 3.49. The smallest absolute Gasteiger partial charge is 0.243 e. The Kier molecular flexibility index (Phi) is 5.65. The molecule has 1 atom stereocenters. The molecular weight excluding hydrogens is 426 g/mol. The number of carbonyl (C=O) groups excluding carboxylic acids is 1. The topological polar surface area (TPSA) is 79.4 Å². The van der Waals surface area contributed by atoms with Crippen LogP contribution in [0, 0.1) is 0 Å². The van der Waals surface area contributed by atoms with E-state index in [1.54, 1.807) is 36.1 Å². The van der Waals surface area contributed by atoms with Crippen molar-refractivity contribution in [2.45, 2.75) is 30.3 Å². The molecule has 0 aliphatic carbocycles. The zero-order valence-corrected chi connectivity index (χ0v) is 18.5. The third-order valence-corrected chi connectivity index (χ3v) is 8.87. The lowest BCUT2D eigenvalue weighted by atomic mass is 9.95. The predicted octanol–water partition coefficient (Wildman–Crippen LogP) is 3.73. The number of thioether (sulfide) groups is 1. The quantitative estimate of drug-likeness (QED) is 0.603. The maximum Gasteiger partial charge on any atom is 0.243 e. The van der Waals surface area contributed by atoms with E-state index in [1.165, 1.54) is 4.31 Å². The number of rotatable bonds is 5. The van der Waals surface area contributed by atoms with Crippen LogP contribution in [0.5, 0.6) is 0 Å². The van der Waals surface area contributed by atoms with Crippen LogP contribution < -0.4 is 5.32 Å². The van der Waals surface area contributed by atoms with Gasteiger partial charge in [0.1, 0.15) is 6.04 Å². The van der Waals surface area contributed by atoms with Crippen molar-refractivity contribution < 1.29 is 13.2 Å². The van der Waals surface area contributed by atoms with Gasteiger partial charge in [-0.3, -0.25) is 4.79 Å². The first-order valence-corrected chi connectivity index (χ1v) is 12.9. The fourth-order valence-electron chi connectivity index (χ4n) is 3.47. The molecule has 152 valence electrons. The second kappa shape index (κ2) is 8.06. The van der Waals surface area contributed by atoms with Crippen LogP contribution in [-0.2, 0) is 27.8 Å². The van der Waals surface area contributed by atoms with Gasteiger partial charge in [0.15, 0.2) is 4.34 Å². The molecule has 1 N–H and O–H groups in total. The minimum Gasteiger partial charge on any atom is -0.325 e. The molecule has 1 unspecified atom stereocenters. The number of fused-ring (bicyclic) bond motifs is 2. The van der Waals surface area contributed by atoms with Gasteiger partial charge in [0.05, 0.1) is 16.0 Å². The zero-order chi connectivity index (χ0) is 20.6. The van der Waals surface area contributed by atoms with Crippen LogP contribution in [0.2, 0.25) is 0 Å². The molecule has 4 rings (SSSR count). The number of hydrogen-bond acceptors (Lipinski definition) is 6. The summed E-state index contributed by atoms with van der Waals surface area (Å²) in [6.07, 6.45) is 2.34. The molecule has 1 aliphatic rings.